The van der Waals surface area contributed by atoms with E-state index in [0.29, 0.717) is 0 Å². The first-order chi connectivity index (χ1) is 1.73. The van der Waals surface area contributed by atoms with Crippen LogP contribution in [-0.2, 0) is 22.4 Å². The normalized spacial score (nSPS) is 5.00. The van der Waals surface area contributed by atoms with E-state index in [2.05, 4.69) is 12.6 Å². The smallest absolute Gasteiger partial charge is 0.361 e. The summed E-state index contributed by atoms with van der Waals surface area (Å²) in [4.78, 5) is 8.86. The molecule has 4 heteroatoms. The molecule has 0 unspecified atom stereocenters. The van der Waals surface area contributed by atoms with Crippen LogP contribution in [0.3, 0.4) is 0 Å². The molecule has 0 aromatic rings. The molecule has 0 aliphatic carbocycles. The zero-order chi connectivity index (χ0) is 3.58. The number of carbonyl (C=O) groups is 1. The minimum Gasteiger partial charge on any atom is -0.473 e. The van der Waals surface area contributed by atoms with Crippen molar-refractivity contribution >= 4 is 17.9 Å². The SMILES string of the molecule is O=C(O)S.[Au]. The molecule has 0 saturated heterocycles. The molecule has 2 nitrogen and oxygen atoms in total. The van der Waals surface area contributed by atoms with Crippen LogP contribution in [0.15, 0.2) is 0 Å². The molecule has 0 atom stereocenters. The summed E-state index contributed by atoms with van der Waals surface area (Å²) in [5.74, 6) is 0. The first kappa shape index (κ1) is 9.12. The van der Waals surface area contributed by atoms with Crippen LogP contribution < -0.4 is 0 Å². The van der Waals surface area contributed by atoms with Gasteiger partial charge < -0.3 is 5.11 Å². The Morgan fingerprint density at radius 1 is 1.80 bits per heavy atom. The fraction of sp³-hybridized carbons (Fsp3) is 0. The molecular weight excluding hydrogens is 273 g/mol. The van der Waals surface area contributed by atoms with Crippen molar-refractivity contribution in [2.24, 2.45) is 0 Å². The summed E-state index contributed by atoms with van der Waals surface area (Å²) < 4.78 is 0. The third-order valence-electron chi connectivity index (χ3n) is 0. The standard InChI is InChI=1S/CH2O2S.Au/c2-1(3)4;/h4H,(H,2,3);. The summed E-state index contributed by atoms with van der Waals surface area (Å²) in [6.45, 7) is 0. The van der Waals surface area contributed by atoms with Crippen LogP contribution in [-0.4, -0.2) is 10.4 Å². The molecule has 0 bridgehead atoms. The molecule has 0 aliphatic rings. The van der Waals surface area contributed by atoms with Crippen LogP contribution in [0.4, 0.5) is 4.79 Å². The minimum atomic E-state index is -1.14. The molecule has 0 aromatic heterocycles. The molecule has 0 fully saturated rings. The van der Waals surface area contributed by atoms with Crippen molar-refractivity contribution in [1.29, 1.82) is 0 Å². The predicted octanol–water partition coefficient (Wildman–Crippen LogP) is 0.592. The van der Waals surface area contributed by atoms with Gasteiger partial charge in [-0.05, 0) is 0 Å². The van der Waals surface area contributed by atoms with Gasteiger partial charge in [0.1, 0.15) is 0 Å². The van der Waals surface area contributed by atoms with Crippen molar-refractivity contribution in [3.8, 4) is 0 Å². The Bertz CT molecular complexity index is 32.6. The average Bonchev–Trinajstić information content (AvgIpc) is 0.811. The van der Waals surface area contributed by atoms with Crippen LogP contribution >= 0.6 is 12.6 Å². The van der Waals surface area contributed by atoms with Crippen LogP contribution in [0.25, 0.3) is 0 Å². The Labute approximate surface area is 50.5 Å². The second kappa shape index (κ2) is 4.56. The fourth-order valence-electron chi connectivity index (χ4n) is 0. The van der Waals surface area contributed by atoms with Crippen molar-refractivity contribution in [2.45, 2.75) is 0 Å². The van der Waals surface area contributed by atoms with E-state index >= 15 is 0 Å². The molecular formula is CH2AuO2S. The molecule has 0 aromatic carbocycles. The van der Waals surface area contributed by atoms with Gasteiger partial charge in [-0.1, -0.05) is 12.6 Å². The number of carboxylic acid groups (broad SMARTS) is 1. The molecule has 0 spiro atoms. The predicted molar refractivity (Wildman–Crippen MR) is 17.0 cm³/mol. The Hall–Kier alpha value is 0.560. The first-order valence-electron chi connectivity index (χ1n) is 0.651. The number of thiol groups is 1. The quantitative estimate of drug-likeness (QED) is 0.501. The van der Waals surface area contributed by atoms with Crippen LogP contribution in [0.5, 0.6) is 0 Å². The summed E-state index contributed by atoms with van der Waals surface area (Å²) in [5, 5.41) is 6.14. The van der Waals surface area contributed by atoms with Crippen LogP contribution in [0.2, 0.25) is 0 Å². The summed E-state index contributed by atoms with van der Waals surface area (Å²) >= 11 is 2.88. The summed E-state index contributed by atoms with van der Waals surface area (Å²) in [7, 11) is 0. The monoisotopic (exact) mass is 275 g/mol. The van der Waals surface area contributed by atoms with Crippen molar-refractivity contribution in [1.82, 2.24) is 0 Å². The van der Waals surface area contributed by atoms with Crippen molar-refractivity contribution in [3.63, 3.8) is 0 Å². The number of rotatable bonds is 0. The molecule has 0 amide bonds. The summed E-state index contributed by atoms with van der Waals surface area (Å²) in [6.07, 6.45) is 0. The van der Waals surface area contributed by atoms with E-state index in [9.17, 15) is 0 Å². The zero-order valence-corrected chi connectivity index (χ0v) is 5.17. The van der Waals surface area contributed by atoms with Crippen LogP contribution in [0.1, 0.15) is 0 Å². The van der Waals surface area contributed by atoms with Gasteiger partial charge in [-0.3, -0.25) is 0 Å². The first-order valence-corrected chi connectivity index (χ1v) is 1.10. The molecule has 1 N–H and O–H groups in total. The molecule has 0 rings (SSSR count). The van der Waals surface area contributed by atoms with Crippen molar-refractivity contribution in [2.75, 3.05) is 0 Å². The van der Waals surface area contributed by atoms with Gasteiger partial charge in [-0.25, -0.2) is 4.79 Å². The largest absolute Gasteiger partial charge is 0.473 e. The Kier molecular flexibility index (Phi) is 8.32. The zero-order valence-electron chi connectivity index (χ0n) is 2.10. The molecule has 1 radical (unpaired) electrons. The Morgan fingerprint density at radius 3 is 1.80 bits per heavy atom. The Balaban J connectivity index is 0. The third-order valence-corrected chi connectivity index (χ3v) is 0. The van der Waals surface area contributed by atoms with Gasteiger partial charge in [0.15, 0.2) is 0 Å². The maximum absolute atomic E-state index is 8.86. The van der Waals surface area contributed by atoms with E-state index in [0.717, 1.165) is 0 Å². The van der Waals surface area contributed by atoms with Gasteiger partial charge in [0, 0.05) is 22.4 Å². The maximum Gasteiger partial charge on any atom is 0.361 e. The molecule has 35 valence electrons. The van der Waals surface area contributed by atoms with Crippen molar-refractivity contribution in [3.05, 3.63) is 0 Å². The van der Waals surface area contributed by atoms with Gasteiger partial charge >= 0.3 is 5.30 Å². The van der Waals surface area contributed by atoms with Gasteiger partial charge in [-0.2, -0.15) is 0 Å². The Morgan fingerprint density at radius 2 is 1.80 bits per heavy atom. The minimum absolute atomic E-state index is 0. The van der Waals surface area contributed by atoms with Crippen molar-refractivity contribution < 1.29 is 32.3 Å². The van der Waals surface area contributed by atoms with E-state index in [-0.39, 0.29) is 22.4 Å². The number of hydrogen-bond acceptors (Lipinski definition) is 1. The van der Waals surface area contributed by atoms with Gasteiger partial charge in [0.05, 0.1) is 0 Å². The van der Waals surface area contributed by atoms with Crippen LogP contribution in [0, 0.1) is 0 Å². The fourth-order valence-corrected chi connectivity index (χ4v) is 0. The summed E-state index contributed by atoms with van der Waals surface area (Å²) in [6, 6.07) is 0. The second-order valence-electron chi connectivity index (χ2n) is 0.283. The van der Waals surface area contributed by atoms with Gasteiger partial charge in [0.2, 0.25) is 0 Å². The van der Waals surface area contributed by atoms with E-state index in [4.69, 9.17) is 9.90 Å². The molecule has 0 heterocycles. The molecule has 5 heavy (non-hydrogen) atoms. The van der Waals surface area contributed by atoms with E-state index in [1.54, 1.807) is 0 Å². The average molecular weight is 275 g/mol. The maximum atomic E-state index is 8.86. The van der Waals surface area contributed by atoms with E-state index < -0.39 is 5.30 Å². The molecule has 0 aliphatic heterocycles. The topological polar surface area (TPSA) is 37.3 Å². The van der Waals surface area contributed by atoms with E-state index in [1.807, 2.05) is 0 Å². The van der Waals surface area contributed by atoms with E-state index in [1.165, 1.54) is 0 Å². The molecule has 0 saturated carbocycles. The summed E-state index contributed by atoms with van der Waals surface area (Å²) in [5.41, 5.74) is 0. The second-order valence-corrected chi connectivity index (χ2v) is 0.665. The number of hydrogen-bond donors (Lipinski definition) is 2. The van der Waals surface area contributed by atoms with Gasteiger partial charge in [0.25, 0.3) is 0 Å². The third kappa shape index (κ3) is 95.2. The van der Waals surface area contributed by atoms with Gasteiger partial charge in [-0.15, -0.1) is 0 Å².